The molecule has 0 bridgehead atoms. The van der Waals surface area contributed by atoms with E-state index in [0.29, 0.717) is 5.57 Å². The number of allylic oxidation sites excluding steroid dienone is 2. The predicted octanol–water partition coefficient (Wildman–Crippen LogP) is 3.73. The van der Waals surface area contributed by atoms with Crippen molar-refractivity contribution in [1.29, 1.82) is 0 Å². The van der Waals surface area contributed by atoms with Gasteiger partial charge in [-0.3, -0.25) is 0 Å². The van der Waals surface area contributed by atoms with Crippen LogP contribution in [-0.4, -0.2) is 12.1 Å². The van der Waals surface area contributed by atoms with E-state index in [0.717, 1.165) is 5.57 Å². The maximum Gasteiger partial charge on any atom is 0.396 e. The summed E-state index contributed by atoms with van der Waals surface area (Å²) in [5.41, 5.74) is 1.43. The first-order chi connectivity index (χ1) is 7.33. The molecule has 0 fully saturated rings. The Labute approximate surface area is 91.8 Å². The molecule has 0 aromatic rings. The van der Waals surface area contributed by atoms with E-state index in [4.69, 9.17) is 4.74 Å². The standard InChI is InChI=1S/C11H12F3NO/c1-4-15-10-9(7(2)3)5-8(16-10)6-11(12,13)14/h4-5H,1,6H2,2-3H3/b15-10+. The highest BCUT2D eigenvalue weighted by Gasteiger charge is 2.33. The third kappa shape index (κ3) is 3.25. The Morgan fingerprint density at radius 2 is 2.12 bits per heavy atom. The van der Waals surface area contributed by atoms with Gasteiger partial charge in [0.15, 0.2) is 0 Å². The van der Waals surface area contributed by atoms with E-state index < -0.39 is 12.6 Å². The molecule has 1 aliphatic rings. The molecule has 0 N–H and O–H groups in total. The third-order valence-electron chi connectivity index (χ3n) is 1.89. The Balaban J connectivity index is 2.96. The summed E-state index contributed by atoms with van der Waals surface area (Å²) in [6.07, 6.45) is -2.75. The zero-order valence-electron chi connectivity index (χ0n) is 9.06. The van der Waals surface area contributed by atoms with Gasteiger partial charge < -0.3 is 4.74 Å². The molecule has 1 aliphatic heterocycles. The zero-order valence-corrected chi connectivity index (χ0v) is 9.06. The summed E-state index contributed by atoms with van der Waals surface area (Å²) in [5, 5.41) is 0. The van der Waals surface area contributed by atoms with Crippen LogP contribution in [0.1, 0.15) is 20.3 Å². The minimum Gasteiger partial charge on any atom is -0.442 e. The summed E-state index contributed by atoms with van der Waals surface area (Å²) in [7, 11) is 0. The highest BCUT2D eigenvalue weighted by molar-refractivity contribution is 6.00. The molecule has 0 radical (unpaired) electrons. The van der Waals surface area contributed by atoms with Gasteiger partial charge in [-0.25, -0.2) is 4.99 Å². The van der Waals surface area contributed by atoms with Crippen LogP contribution in [0.25, 0.3) is 0 Å². The Hall–Kier alpha value is -1.52. The van der Waals surface area contributed by atoms with Crippen molar-refractivity contribution in [2.45, 2.75) is 26.4 Å². The second-order valence-corrected chi connectivity index (χ2v) is 3.54. The molecule has 0 unspecified atom stereocenters. The SMILES string of the molecule is C=C/N=C1/OC(CC(F)(F)F)=CC1=C(C)C. The van der Waals surface area contributed by atoms with Crippen LogP contribution in [0.5, 0.6) is 0 Å². The highest BCUT2D eigenvalue weighted by atomic mass is 19.4. The minimum atomic E-state index is -4.28. The van der Waals surface area contributed by atoms with Gasteiger partial charge in [-0.2, -0.15) is 13.2 Å². The number of aliphatic imine (C=N–C) groups is 1. The molecule has 88 valence electrons. The molecule has 0 atom stereocenters. The lowest BCUT2D eigenvalue weighted by atomic mass is 10.1. The molecule has 0 aromatic carbocycles. The van der Waals surface area contributed by atoms with Crippen molar-refractivity contribution in [2.75, 3.05) is 0 Å². The van der Waals surface area contributed by atoms with Crippen molar-refractivity contribution in [3.05, 3.63) is 35.8 Å². The highest BCUT2D eigenvalue weighted by Crippen LogP contribution is 2.31. The van der Waals surface area contributed by atoms with E-state index >= 15 is 0 Å². The molecular formula is C11H12F3NO. The first kappa shape index (κ1) is 12.5. The molecule has 5 heteroatoms. The Morgan fingerprint density at radius 3 is 2.56 bits per heavy atom. The van der Waals surface area contributed by atoms with Crippen LogP contribution >= 0.6 is 0 Å². The monoisotopic (exact) mass is 231 g/mol. The van der Waals surface area contributed by atoms with Crippen molar-refractivity contribution < 1.29 is 17.9 Å². The van der Waals surface area contributed by atoms with Gasteiger partial charge in [0.2, 0.25) is 5.90 Å². The summed E-state index contributed by atoms with van der Waals surface area (Å²) in [4.78, 5) is 3.79. The molecule has 0 aromatic heterocycles. The molecule has 0 spiro atoms. The molecule has 0 aliphatic carbocycles. The van der Waals surface area contributed by atoms with Gasteiger partial charge in [0, 0.05) is 11.8 Å². The molecule has 0 saturated carbocycles. The summed E-state index contributed by atoms with van der Waals surface area (Å²) in [6, 6.07) is 0. The van der Waals surface area contributed by atoms with Gasteiger partial charge in [-0.15, -0.1) is 0 Å². The molecule has 1 rings (SSSR count). The molecule has 1 heterocycles. The van der Waals surface area contributed by atoms with Gasteiger partial charge in [0.05, 0.1) is 0 Å². The van der Waals surface area contributed by atoms with Gasteiger partial charge >= 0.3 is 6.18 Å². The maximum atomic E-state index is 12.2. The van der Waals surface area contributed by atoms with Crippen molar-refractivity contribution in [1.82, 2.24) is 0 Å². The fourth-order valence-electron chi connectivity index (χ4n) is 1.25. The van der Waals surface area contributed by atoms with Crippen LogP contribution in [0.3, 0.4) is 0 Å². The lowest BCUT2D eigenvalue weighted by Crippen LogP contribution is -2.09. The number of hydrogen-bond donors (Lipinski definition) is 0. The van der Waals surface area contributed by atoms with E-state index in [2.05, 4.69) is 11.6 Å². The van der Waals surface area contributed by atoms with E-state index in [1.165, 1.54) is 12.3 Å². The predicted molar refractivity (Wildman–Crippen MR) is 55.8 cm³/mol. The number of halogens is 3. The lowest BCUT2D eigenvalue weighted by Gasteiger charge is -2.06. The Kier molecular flexibility index (Phi) is 3.57. The topological polar surface area (TPSA) is 21.6 Å². The normalized spacial score (nSPS) is 18.4. The number of rotatable bonds is 2. The molecule has 0 amide bonds. The first-order valence-electron chi connectivity index (χ1n) is 4.65. The number of nitrogens with zero attached hydrogens (tertiary/aromatic N) is 1. The van der Waals surface area contributed by atoms with Gasteiger partial charge in [0.1, 0.15) is 12.2 Å². The summed E-state index contributed by atoms with van der Waals surface area (Å²) < 4.78 is 41.5. The van der Waals surface area contributed by atoms with Crippen LogP contribution in [0.4, 0.5) is 13.2 Å². The Morgan fingerprint density at radius 1 is 1.50 bits per heavy atom. The fourth-order valence-corrected chi connectivity index (χ4v) is 1.25. The van der Waals surface area contributed by atoms with Crippen LogP contribution in [0, 0.1) is 0 Å². The van der Waals surface area contributed by atoms with Gasteiger partial charge in [0.25, 0.3) is 0 Å². The second kappa shape index (κ2) is 4.55. The van der Waals surface area contributed by atoms with Crippen LogP contribution in [0.2, 0.25) is 0 Å². The summed E-state index contributed by atoms with van der Waals surface area (Å²) >= 11 is 0. The van der Waals surface area contributed by atoms with Crippen LogP contribution < -0.4 is 0 Å². The first-order valence-corrected chi connectivity index (χ1v) is 4.65. The molecule has 16 heavy (non-hydrogen) atoms. The average molecular weight is 231 g/mol. The maximum absolute atomic E-state index is 12.2. The van der Waals surface area contributed by atoms with Crippen molar-refractivity contribution in [3.8, 4) is 0 Å². The number of ether oxygens (including phenoxy) is 1. The zero-order chi connectivity index (χ0) is 12.3. The van der Waals surface area contributed by atoms with E-state index in [1.54, 1.807) is 13.8 Å². The van der Waals surface area contributed by atoms with E-state index in [-0.39, 0.29) is 11.7 Å². The average Bonchev–Trinajstić information content (AvgIpc) is 2.45. The fraction of sp³-hybridized carbons (Fsp3) is 0.364. The second-order valence-electron chi connectivity index (χ2n) is 3.54. The number of alkyl halides is 3. The Bertz CT molecular complexity index is 385. The molecule has 0 saturated heterocycles. The van der Waals surface area contributed by atoms with E-state index in [1.807, 2.05) is 0 Å². The lowest BCUT2D eigenvalue weighted by molar-refractivity contribution is -0.131. The summed E-state index contributed by atoms with van der Waals surface area (Å²) in [6.45, 7) is 6.95. The van der Waals surface area contributed by atoms with Gasteiger partial charge in [-0.05, 0) is 19.9 Å². The molecule has 2 nitrogen and oxygen atoms in total. The smallest absolute Gasteiger partial charge is 0.396 e. The van der Waals surface area contributed by atoms with Crippen molar-refractivity contribution in [3.63, 3.8) is 0 Å². The molecular weight excluding hydrogens is 219 g/mol. The van der Waals surface area contributed by atoms with E-state index in [9.17, 15) is 13.2 Å². The van der Waals surface area contributed by atoms with Gasteiger partial charge in [-0.1, -0.05) is 12.2 Å². The summed E-state index contributed by atoms with van der Waals surface area (Å²) in [5.74, 6) is 0.0403. The number of hydrogen-bond acceptors (Lipinski definition) is 2. The quantitative estimate of drug-likeness (QED) is 0.709. The third-order valence-corrected chi connectivity index (χ3v) is 1.89. The van der Waals surface area contributed by atoms with Crippen LogP contribution in [-0.2, 0) is 4.74 Å². The van der Waals surface area contributed by atoms with Crippen molar-refractivity contribution in [2.24, 2.45) is 4.99 Å². The van der Waals surface area contributed by atoms with Crippen LogP contribution in [0.15, 0.2) is 40.8 Å². The largest absolute Gasteiger partial charge is 0.442 e. The van der Waals surface area contributed by atoms with Crippen molar-refractivity contribution >= 4 is 5.90 Å². The minimum absolute atomic E-state index is 0.135.